The minimum absolute atomic E-state index is 0.400. The number of hydrogen-bond acceptors (Lipinski definition) is 4. The van der Waals surface area contributed by atoms with Crippen molar-refractivity contribution in [1.82, 2.24) is 0 Å². The normalized spacial score (nSPS) is 11.9. The second-order valence-corrected chi connectivity index (χ2v) is 21.7. The first kappa shape index (κ1) is 50.5. The first-order valence-corrected chi connectivity index (χ1v) is 28.8. The SMILES string of the molecule is N#Cc1cc(C#N)c2c3c1N(c1c(-c4ccccc4)cc(-c4ccccc4)cc1-c1ccccc1)c1ccc(-c4ccccc4)cc1B3c1cc(-c3ccccc3)ccc1N2c1c(-c2ccccc2)cc(-c2ccccc2)cc1-c1ccccc1. The van der Waals surface area contributed by atoms with Crippen LogP contribution in [-0.4, -0.2) is 6.71 Å². The van der Waals surface area contributed by atoms with Crippen LogP contribution < -0.4 is 26.2 Å². The number of nitrogens with zero attached hydrogens (tertiary/aromatic N) is 4. The molecular formula is C80H51BN4. The Morgan fingerprint density at radius 3 is 0.765 bits per heavy atom. The summed E-state index contributed by atoms with van der Waals surface area (Å²) in [4.78, 5) is 4.77. The maximum Gasteiger partial charge on any atom is 0.252 e. The molecule has 0 aromatic heterocycles. The topological polar surface area (TPSA) is 54.1 Å². The van der Waals surface area contributed by atoms with Crippen molar-refractivity contribution in [2.24, 2.45) is 0 Å². The van der Waals surface area contributed by atoms with E-state index in [0.29, 0.717) is 11.1 Å². The van der Waals surface area contributed by atoms with Crippen molar-refractivity contribution in [2.75, 3.05) is 9.80 Å². The summed E-state index contributed by atoms with van der Waals surface area (Å²) < 4.78 is 0. The van der Waals surface area contributed by atoms with Gasteiger partial charge >= 0.3 is 0 Å². The molecule has 4 nitrogen and oxygen atoms in total. The van der Waals surface area contributed by atoms with Crippen LogP contribution in [0.4, 0.5) is 34.1 Å². The maximum atomic E-state index is 12.0. The fourth-order valence-corrected chi connectivity index (χ4v) is 13.1. The van der Waals surface area contributed by atoms with Crippen molar-refractivity contribution in [3.8, 4) is 101 Å². The molecule has 0 fully saturated rings. The lowest BCUT2D eigenvalue weighted by molar-refractivity contribution is 1.24. The third kappa shape index (κ3) is 8.79. The summed E-state index contributed by atoms with van der Waals surface area (Å²) in [5.41, 5.74) is 25.6. The molecule has 0 aliphatic carbocycles. The highest BCUT2D eigenvalue weighted by atomic mass is 15.2. The zero-order valence-corrected chi connectivity index (χ0v) is 46.3. The van der Waals surface area contributed by atoms with Crippen molar-refractivity contribution >= 4 is 57.2 Å². The number of hydrogen-bond donors (Lipinski definition) is 0. The van der Waals surface area contributed by atoms with Gasteiger partial charge in [0.1, 0.15) is 12.1 Å². The minimum Gasteiger partial charge on any atom is -0.309 e. The van der Waals surface area contributed by atoms with E-state index in [1.54, 1.807) is 0 Å². The lowest BCUT2D eigenvalue weighted by Crippen LogP contribution is -2.62. The fourth-order valence-electron chi connectivity index (χ4n) is 13.1. The van der Waals surface area contributed by atoms with Gasteiger partial charge in [0.15, 0.2) is 0 Å². The Morgan fingerprint density at radius 2 is 0.494 bits per heavy atom. The number of rotatable bonds is 10. The van der Waals surface area contributed by atoms with E-state index in [4.69, 9.17) is 0 Å². The van der Waals surface area contributed by atoms with Crippen LogP contribution in [-0.2, 0) is 0 Å². The maximum absolute atomic E-state index is 12.0. The standard InChI is InChI=1S/C80H51BN4/c82-52-66-45-67(53-83)78-76-77(66)84(79-68(58-33-17-5-18-34-58)46-64(56-29-13-3-14-30-56)47-69(79)59-35-19-6-20-36-59)74-43-41-62(54-25-9-1-10-26-54)50-72(74)81(76)73-51-63(55-27-11-2-12-28-55)42-44-75(73)85(78)80-70(60-37-21-7-22-38-60)48-65(57-31-15-4-16-32-57)49-71(80)61-39-23-8-24-40-61/h1-51H. The molecule has 13 aromatic carbocycles. The molecule has 0 atom stereocenters. The zero-order valence-electron chi connectivity index (χ0n) is 46.3. The van der Waals surface area contributed by atoms with Crippen LogP contribution in [0.25, 0.3) is 89.0 Å². The van der Waals surface area contributed by atoms with Gasteiger partial charge in [-0.1, -0.05) is 267 Å². The van der Waals surface area contributed by atoms with Gasteiger partial charge in [0.2, 0.25) is 0 Å². The molecule has 0 radical (unpaired) electrons. The van der Waals surface area contributed by atoms with E-state index in [2.05, 4.69) is 325 Å². The lowest BCUT2D eigenvalue weighted by atomic mass is 9.33. The van der Waals surface area contributed by atoms with Gasteiger partial charge in [0.25, 0.3) is 6.71 Å². The lowest BCUT2D eigenvalue weighted by Gasteiger charge is -2.46. The largest absolute Gasteiger partial charge is 0.309 e. The molecule has 2 aliphatic rings. The second-order valence-electron chi connectivity index (χ2n) is 21.7. The molecule has 0 N–H and O–H groups in total. The summed E-state index contributed by atoms with van der Waals surface area (Å²) in [5.74, 6) is 0. The molecule has 85 heavy (non-hydrogen) atoms. The van der Waals surface area contributed by atoms with Gasteiger partial charge < -0.3 is 9.80 Å². The molecule has 13 aromatic rings. The van der Waals surface area contributed by atoms with Gasteiger partial charge in [-0.2, -0.15) is 10.5 Å². The zero-order chi connectivity index (χ0) is 56.8. The van der Waals surface area contributed by atoms with E-state index in [9.17, 15) is 10.5 Å². The average molecular weight is 1080 g/mol. The number of anilines is 6. The smallest absolute Gasteiger partial charge is 0.252 e. The monoisotopic (exact) mass is 1080 g/mol. The fraction of sp³-hybridized carbons (Fsp3) is 0. The van der Waals surface area contributed by atoms with Crippen molar-refractivity contribution in [1.29, 1.82) is 10.5 Å². The Balaban J connectivity index is 1.14. The summed E-state index contributed by atoms with van der Waals surface area (Å²) in [7, 11) is 0. The van der Waals surface area contributed by atoms with Crippen molar-refractivity contribution < 1.29 is 0 Å². The first-order chi connectivity index (χ1) is 42.1. The first-order valence-electron chi connectivity index (χ1n) is 28.8. The van der Waals surface area contributed by atoms with Crippen molar-refractivity contribution in [3.63, 3.8) is 0 Å². The Morgan fingerprint density at radius 1 is 0.235 bits per heavy atom. The van der Waals surface area contributed by atoms with E-state index in [1.165, 1.54) is 0 Å². The molecule has 0 bridgehead atoms. The summed E-state index contributed by atoms with van der Waals surface area (Å²) in [6.07, 6.45) is 0. The average Bonchev–Trinajstić information content (AvgIpc) is 0.904. The third-order valence-corrected chi connectivity index (χ3v) is 16.9. The molecule has 0 amide bonds. The predicted octanol–water partition coefficient (Wildman–Crippen LogP) is 18.8. The highest BCUT2D eigenvalue weighted by Crippen LogP contribution is 2.55. The Hall–Kier alpha value is -11.5. The van der Waals surface area contributed by atoms with Crippen molar-refractivity contribution in [2.45, 2.75) is 0 Å². The van der Waals surface area contributed by atoms with Crippen LogP contribution in [0.3, 0.4) is 0 Å². The summed E-state index contributed by atoms with van der Waals surface area (Å²) in [5, 5.41) is 24.1. The highest BCUT2D eigenvalue weighted by molar-refractivity contribution is 7.00. The molecule has 2 aliphatic heterocycles. The molecule has 394 valence electrons. The molecule has 0 saturated carbocycles. The molecule has 2 heterocycles. The number of nitriles is 2. The van der Waals surface area contributed by atoms with Crippen LogP contribution >= 0.6 is 0 Å². The Kier molecular flexibility index (Phi) is 12.7. The molecular weight excluding hydrogens is 1030 g/mol. The number of benzene rings is 13. The van der Waals surface area contributed by atoms with E-state index in [0.717, 1.165) is 140 Å². The van der Waals surface area contributed by atoms with E-state index >= 15 is 0 Å². The Labute approximate surface area is 496 Å². The highest BCUT2D eigenvalue weighted by Gasteiger charge is 2.47. The van der Waals surface area contributed by atoms with Crippen LogP contribution in [0.1, 0.15) is 11.1 Å². The molecule has 0 unspecified atom stereocenters. The number of fused-ring (bicyclic) bond motifs is 4. The van der Waals surface area contributed by atoms with Gasteiger partial charge in [-0.15, -0.1) is 0 Å². The summed E-state index contributed by atoms with van der Waals surface area (Å²) in [6, 6.07) is 115. The van der Waals surface area contributed by atoms with Crippen LogP contribution in [0.2, 0.25) is 0 Å². The van der Waals surface area contributed by atoms with E-state index in [-0.39, 0.29) is 0 Å². The molecule has 0 spiro atoms. The van der Waals surface area contributed by atoms with Gasteiger partial charge in [-0.05, 0) is 126 Å². The summed E-state index contributed by atoms with van der Waals surface area (Å²) in [6.45, 7) is -0.469. The molecule has 0 saturated heterocycles. The second kappa shape index (κ2) is 21.4. The quantitative estimate of drug-likeness (QED) is 0.128. The van der Waals surface area contributed by atoms with Crippen LogP contribution in [0.5, 0.6) is 0 Å². The van der Waals surface area contributed by atoms with Crippen LogP contribution in [0, 0.1) is 22.7 Å². The predicted molar refractivity (Wildman–Crippen MR) is 353 cm³/mol. The molecule has 15 rings (SSSR count). The van der Waals surface area contributed by atoms with E-state index in [1.807, 2.05) is 6.07 Å². The summed E-state index contributed by atoms with van der Waals surface area (Å²) >= 11 is 0. The van der Waals surface area contributed by atoms with Gasteiger partial charge in [0.05, 0.1) is 33.9 Å². The molecule has 5 heteroatoms. The van der Waals surface area contributed by atoms with Crippen molar-refractivity contribution in [3.05, 3.63) is 321 Å². The van der Waals surface area contributed by atoms with Gasteiger partial charge in [-0.25, -0.2) is 0 Å². The van der Waals surface area contributed by atoms with E-state index < -0.39 is 6.71 Å². The Bertz CT molecular complexity index is 4330. The van der Waals surface area contributed by atoms with Crippen LogP contribution in [0.15, 0.2) is 309 Å². The van der Waals surface area contributed by atoms with Gasteiger partial charge in [0, 0.05) is 33.6 Å². The van der Waals surface area contributed by atoms with Gasteiger partial charge in [-0.3, -0.25) is 0 Å². The minimum atomic E-state index is -0.469. The third-order valence-electron chi connectivity index (χ3n) is 16.9.